The molecule has 2 heteroatoms. The standard InChI is InChI=1S/C9H19P.H2O/c1-8(2)6-4-5-7-9(8,3)10;/h4-7,10H2,1-3H3;1H2. The van der Waals surface area contributed by atoms with Gasteiger partial charge in [0.05, 0.1) is 0 Å². The molecule has 0 amide bonds. The average Bonchev–Trinajstić information content (AvgIpc) is 1.77. The molecule has 0 saturated heterocycles. The molecule has 2 atom stereocenters. The predicted octanol–water partition coefficient (Wildman–Crippen LogP) is 2.40. The first-order chi connectivity index (χ1) is 4.46. The van der Waals surface area contributed by atoms with E-state index in [1.165, 1.54) is 25.7 Å². The summed E-state index contributed by atoms with van der Waals surface area (Å²) >= 11 is 0. The maximum Gasteiger partial charge on any atom is -0.0127 e. The van der Waals surface area contributed by atoms with Gasteiger partial charge in [0.15, 0.2) is 0 Å². The van der Waals surface area contributed by atoms with E-state index in [0.717, 1.165) is 0 Å². The molecule has 0 aliphatic heterocycles. The minimum atomic E-state index is 0. The van der Waals surface area contributed by atoms with Crippen molar-refractivity contribution in [3.05, 3.63) is 0 Å². The topological polar surface area (TPSA) is 31.5 Å². The van der Waals surface area contributed by atoms with Gasteiger partial charge in [-0.2, -0.15) is 0 Å². The Hall–Kier alpha value is 0.390. The average molecular weight is 176 g/mol. The van der Waals surface area contributed by atoms with E-state index in [1.54, 1.807) is 0 Å². The quantitative estimate of drug-likeness (QED) is 0.507. The number of hydrogen-bond acceptors (Lipinski definition) is 0. The summed E-state index contributed by atoms with van der Waals surface area (Å²) in [5, 5.41) is 0.491. The molecule has 68 valence electrons. The first-order valence-electron chi connectivity index (χ1n) is 4.25. The number of rotatable bonds is 0. The highest BCUT2D eigenvalue weighted by Gasteiger charge is 2.38. The summed E-state index contributed by atoms with van der Waals surface area (Å²) < 4.78 is 0. The highest BCUT2D eigenvalue weighted by molar-refractivity contribution is 7.19. The van der Waals surface area contributed by atoms with Crippen LogP contribution >= 0.6 is 9.24 Å². The van der Waals surface area contributed by atoms with E-state index in [2.05, 4.69) is 30.0 Å². The van der Waals surface area contributed by atoms with Crippen LogP contribution in [0.15, 0.2) is 0 Å². The fourth-order valence-corrected chi connectivity index (χ4v) is 2.03. The van der Waals surface area contributed by atoms with Crippen molar-refractivity contribution in [3.63, 3.8) is 0 Å². The van der Waals surface area contributed by atoms with Gasteiger partial charge in [0.2, 0.25) is 0 Å². The normalized spacial score (nSPS) is 36.0. The van der Waals surface area contributed by atoms with Crippen molar-refractivity contribution in [2.75, 3.05) is 0 Å². The maximum absolute atomic E-state index is 3.03. The van der Waals surface area contributed by atoms with Gasteiger partial charge >= 0.3 is 0 Å². The highest BCUT2D eigenvalue weighted by atomic mass is 31.0. The molecule has 2 N–H and O–H groups in total. The van der Waals surface area contributed by atoms with Crippen molar-refractivity contribution in [1.82, 2.24) is 0 Å². The third-order valence-electron chi connectivity index (χ3n) is 3.29. The largest absolute Gasteiger partial charge is 0.412 e. The Morgan fingerprint density at radius 3 is 1.73 bits per heavy atom. The summed E-state index contributed by atoms with van der Waals surface area (Å²) in [5.74, 6) is 0. The van der Waals surface area contributed by atoms with Gasteiger partial charge in [-0.3, -0.25) is 0 Å². The Labute approximate surface area is 72.5 Å². The molecule has 1 rings (SSSR count). The lowest BCUT2D eigenvalue weighted by Crippen LogP contribution is -2.38. The van der Waals surface area contributed by atoms with Gasteiger partial charge in [-0.05, 0) is 23.4 Å². The molecular weight excluding hydrogens is 155 g/mol. The second kappa shape index (κ2) is 3.41. The molecule has 0 heterocycles. The monoisotopic (exact) mass is 176 g/mol. The fourth-order valence-electron chi connectivity index (χ4n) is 1.68. The van der Waals surface area contributed by atoms with Crippen LogP contribution in [0.1, 0.15) is 46.5 Å². The van der Waals surface area contributed by atoms with Crippen LogP contribution < -0.4 is 0 Å². The maximum atomic E-state index is 3.03. The second-order valence-corrected chi connectivity index (χ2v) is 5.78. The van der Waals surface area contributed by atoms with Gasteiger partial charge in [0, 0.05) is 0 Å². The van der Waals surface area contributed by atoms with E-state index >= 15 is 0 Å². The van der Waals surface area contributed by atoms with Crippen molar-refractivity contribution >= 4 is 9.24 Å². The smallest absolute Gasteiger partial charge is 0.0127 e. The highest BCUT2D eigenvalue weighted by Crippen LogP contribution is 2.48. The summed E-state index contributed by atoms with van der Waals surface area (Å²) in [4.78, 5) is 0. The van der Waals surface area contributed by atoms with E-state index in [4.69, 9.17) is 0 Å². The summed E-state index contributed by atoms with van der Waals surface area (Å²) in [6.07, 6.45) is 5.62. The molecule has 2 unspecified atom stereocenters. The second-order valence-electron chi connectivity index (χ2n) is 4.51. The molecule has 1 nitrogen and oxygen atoms in total. The molecule has 0 aromatic heterocycles. The van der Waals surface area contributed by atoms with Crippen LogP contribution in [0.4, 0.5) is 0 Å². The predicted molar refractivity (Wildman–Crippen MR) is 54.0 cm³/mol. The molecule has 1 aliphatic carbocycles. The summed E-state index contributed by atoms with van der Waals surface area (Å²) in [6.45, 7) is 7.15. The lowest BCUT2D eigenvalue weighted by molar-refractivity contribution is 0.184. The summed E-state index contributed by atoms with van der Waals surface area (Å²) in [5.41, 5.74) is 0.538. The van der Waals surface area contributed by atoms with Gasteiger partial charge < -0.3 is 5.48 Å². The molecule has 0 aromatic carbocycles. The van der Waals surface area contributed by atoms with Crippen LogP contribution in [0.5, 0.6) is 0 Å². The first kappa shape index (κ1) is 11.4. The van der Waals surface area contributed by atoms with Gasteiger partial charge in [-0.1, -0.05) is 33.6 Å². The van der Waals surface area contributed by atoms with Crippen LogP contribution in [0.3, 0.4) is 0 Å². The van der Waals surface area contributed by atoms with E-state index in [0.29, 0.717) is 10.6 Å². The third kappa shape index (κ3) is 2.16. The van der Waals surface area contributed by atoms with E-state index in [1.807, 2.05) is 0 Å². The molecule has 0 radical (unpaired) electrons. The molecule has 0 spiro atoms. The molecule has 1 fully saturated rings. The molecule has 0 bridgehead atoms. The number of hydrogen-bond donors (Lipinski definition) is 0. The van der Waals surface area contributed by atoms with Crippen molar-refractivity contribution in [2.45, 2.75) is 51.6 Å². The van der Waals surface area contributed by atoms with Crippen LogP contribution in [0.2, 0.25) is 0 Å². The van der Waals surface area contributed by atoms with Crippen LogP contribution in [-0.2, 0) is 0 Å². The molecule has 11 heavy (non-hydrogen) atoms. The zero-order valence-electron chi connectivity index (χ0n) is 7.91. The van der Waals surface area contributed by atoms with Crippen LogP contribution in [0.25, 0.3) is 0 Å². The van der Waals surface area contributed by atoms with E-state index in [-0.39, 0.29) is 5.48 Å². The zero-order chi connectivity index (χ0) is 7.83. The van der Waals surface area contributed by atoms with Gasteiger partial charge in [-0.15, -0.1) is 9.24 Å². The van der Waals surface area contributed by atoms with Crippen molar-refractivity contribution in [1.29, 1.82) is 0 Å². The minimum absolute atomic E-state index is 0. The summed E-state index contributed by atoms with van der Waals surface area (Å²) in [7, 11) is 3.03. The lowest BCUT2D eigenvalue weighted by Gasteiger charge is -2.45. The van der Waals surface area contributed by atoms with Gasteiger partial charge in [0.25, 0.3) is 0 Å². The van der Waals surface area contributed by atoms with Gasteiger partial charge in [0.1, 0.15) is 0 Å². The Bertz CT molecular complexity index is 114. The Kier molecular flexibility index (Phi) is 3.53. The summed E-state index contributed by atoms with van der Waals surface area (Å²) in [6, 6.07) is 0. The molecule has 1 aliphatic rings. The molecule has 0 aromatic rings. The third-order valence-corrected chi connectivity index (χ3v) is 4.36. The minimum Gasteiger partial charge on any atom is -0.412 e. The Balaban J connectivity index is 0.000001000. The molecule has 1 saturated carbocycles. The van der Waals surface area contributed by atoms with Crippen molar-refractivity contribution in [2.24, 2.45) is 5.41 Å². The van der Waals surface area contributed by atoms with Crippen LogP contribution in [-0.4, -0.2) is 10.6 Å². The van der Waals surface area contributed by atoms with Crippen molar-refractivity contribution in [3.8, 4) is 0 Å². The van der Waals surface area contributed by atoms with E-state index < -0.39 is 0 Å². The van der Waals surface area contributed by atoms with Crippen molar-refractivity contribution < 1.29 is 5.48 Å². The van der Waals surface area contributed by atoms with Crippen LogP contribution in [0, 0.1) is 5.41 Å². The Morgan fingerprint density at radius 2 is 1.45 bits per heavy atom. The van der Waals surface area contributed by atoms with E-state index in [9.17, 15) is 0 Å². The van der Waals surface area contributed by atoms with Gasteiger partial charge in [-0.25, -0.2) is 0 Å². The zero-order valence-corrected chi connectivity index (χ0v) is 9.06. The lowest BCUT2D eigenvalue weighted by atomic mass is 9.69. The fraction of sp³-hybridized carbons (Fsp3) is 1.00. The first-order valence-corrected chi connectivity index (χ1v) is 4.82. The molecular formula is C9H21OP. The Morgan fingerprint density at radius 1 is 1.00 bits per heavy atom. The SMILES string of the molecule is CC1(C)CCCCC1(C)P.O.